The highest BCUT2D eigenvalue weighted by molar-refractivity contribution is 5.63. The molecule has 2 N–H and O–H groups in total. The maximum absolute atomic E-state index is 13.8. The average Bonchev–Trinajstić information content (AvgIpc) is 3.30. The first-order valence-electron chi connectivity index (χ1n) is 7.02. The predicted molar refractivity (Wildman–Crippen MR) is 81.3 cm³/mol. The lowest BCUT2D eigenvalue weighted by Crippen LogP contribution is -2.14. The van der Waals surface area contributed by atoms with Gasteiger partial charge in [-0.1, -0.05) is 12.1 Å². The van der Waals surface area contributed by atoms with E-state index in [1.807, 2.05) is 0 Å². The van der Waals surface area contributed by atoms with Crippen LogP contribution in [-0.2, 0) is 0 Å². The summed E-state index contributed by atoms with van der Waals surface area (Å²) in [5.74, 6) is 1.35. The molecular formula is C16H18FN3O. The van der Waals surface area contributed by atoms with Gasteiger partial charge in [0.25, 0.3) is 0 Å². The minimum absolute atomic E-state index is 0.293. The zero-order valence-corrected chi connectivity index (χ0v) is 11.9. The van der Waals surface area contributed by atoms with Gasteiger partial charge in [0.2, 0.25) is 5.88 Å². The van der Waals surface area contributed by atoms with Crippen LogP contribution in [0.15, 0.2) is 36.4 Å². The number of anilines is 3. The number of nitrogens with zero attached hydrogens (tertiary/aromatic N) is 2. The quantitative estimate of drug-likeness (QED) is 0.916. The third-order valence-corrected chi connectivity index (χ3v) is 3.59. The number of pyridine rings is 1. The molecule has 0 aliphatic heterocycles. The Morgan fingerprint density at radius 3 is 2.76 bits per heavy atom. The van der Waals surface area contributed by atoms with E-state index in [9.17, 15) is 4.39 Å². The normalized spacial score (nSPS) is 14.0. The van der Waals surface area contributed by atoms with E-state index in [0.717, 1.165) is 0 Å². The second kappa shape index (κ2) is 5.60. The molecule has 1 aliphatic carbocycles. The zero-order chi connectivity index (χ0) is 14.8. The van der Waals surface area contributed by atoms with Crippen molar-refractivity contribution in [3.63, 3.8) is 0 Å². The van der Waals surface area contributed by atoms with E-state index in [2.05, 4.69) is 4.98 Å². The molecule has 1 fully saturated rings. The molecule has 1 aromatic heterocycles. The van der Waals surface area contributed by atoms with E-state index in [0.29, 0.717) is 35.6 Å². The van der Waals surface area contributed by atoms with Crippen LogP contribution in [0.3, 0.4) is 0 Å². The maximum atomic E-state index is 13.8. The summed E-state index contributed by atoms with van der Waals surface area (Å²) >= 11 is 0. The van der Waals surface area contributed by atoms with Crippen LogP contribution in [-0.4, -0.2) is 18.6 Å². The van der Waals surface area contributed by atoms with Gasteiger partial charge in [-0.2, -0.15) is 4.98 Å². The highest BCUT2D eigenvalue weighted by atomic mass is 19.1. The Morgan fingerprint density at radius 2 is 2.05 bits per heavy atom. The van der Waals surface area contributed by atoms with E-state index in [4.69, 9.17) is 10.5 Å². The van der Waals surface area contributed by atoms with E-state index in [1.165, 1.54) is 18.9 Å². The molecule has 4 nitrogen and oxygen atoms in total. The molecule has 0 spiro atoms. The van der Waals surface area contributed by atoms with Gasteiger partial charge in [0.05, 0.1) is 18.0 Å². The van der Waals surface area contributed by atoms with Gasteiger partial charge >= 0.3 is 0 Å². The molecule has 0 unspecified atom stereocenters. The molecule has 0 atom stereocenters. The highest BCUT2D eigenvalue weighted by Gasteiger charge is 2.23. The molecule has 110 valence electrons. The summed E-state index contributed by atoms with van der Waals surface area (Å²) < 4.78 is 19.5. The number of halogens is 1. The average molecular weight is 287 g/mol. The lowest BCUT2D eigenvalue weighted by Gasteiger charge is -2.20. The molecule has 5 heteroatoms. The minimum atomic E-state index is -0.293. The van der Waals surface area contributed by atoms with Crippen molar-refractivity contribution >= 4 is 17.2 Å². The largest absolute Gasteiger partial charge is 0.476 e. The van der Waals surface area contributed by atoms with Gasteiger partial charge in [-0.3, -0.25) is 0 Å². The number of benzene rings is 1. The third kappa shape index (κ3) is 3.07. The van der Waals surface area contributed by atoms with Crippen LogP contribution in [0.25, 0.3) is 0 Å². The number of aromatic nitrogens is 1. The summed E-state index contributed by atoms with van der Waals surface area (Å²) in [6.45, 7) is 0.643. The minimum Gasteiger partial charge on any atom is -0.476 e. The van der Waals surface area contributed by atoms with Gasteiger partial charge in [0, 0.05) is 7.05 Å². The lowest BCUT2D eigenvalue weighted by molar-refractivity contribution is 0.290. The summed E-state index contributed by atoms with van der Waals surface area (Å²) in [7, 11) is 1.77. The topological polar surface area (TPSA) is 51.4 Å². The Bertz CT molecular complexity index is 643. The van der Waals surface area contributed by atoms with Crippen molar-refractivity contribution in [2.45, 2.75) is 12.8 Å². The van der Waals surface area contributed by atoms with Crippen molar-refractivity contribution in [2.24, 2.45) is 5.92 Å². The molecule has 0 saturated heterocycles. The number of rotatable bonds is 5. The van der Waals surface area contributed by atoms with Crippen LogP contribution in [0.4, 0.5) is 21.6 Å². The van der Waals surface area contributed by atoms with Gasteiger partial charge in [-0.25, -0.2) is 4.39 Å². The van der Waals surface area contributed by atoms with Gasteiger partial charge in [-0.05, 0) is 43.0 Å². The molecule has 0 radical (unpaired) electrons. The molecule has 1 saturated carbocycles. The maximum Gasteiger partial charge on any atom is 0.239 e. The van der Waals surface area contributed by atoms with Crippen LogP contribution >= 0.6 is 0 Å². The van der Waals surface area contributed by atoms with E-state index >= 15 is 0 Å². The summed E-state index contributed by atoms with van der Waals surface area (Å²) in [6, 6.07) is 10.1. The number of hydrogen-bond acceptors (Lipinski definition) is 4. The van der Waals surface area contributed by atoms with Crippen LogP contribution < -0.4 is 15.4 Å². The first-order valence-corrected chi connectivity index (χ1v) is 7.02. The van der Waals surface area contributed by atoms with Gasteiger partial charge in [0.1, 0.15) is 11.6 Å². The number of para-hydroxylation sites is 1. The van der Waals surface area contributed by atoms with Crippen LogP contribution in [0.2, 0.25) is 0 Å². The molecular weight excluding hydrogens is 269 g/mol. The SMILES string of the molecule is CN(c1ccc(N)c(OCC2CC2)n1)c1ccccc1F. The molecule has 0 amide bonds. The first kappa shape index (κ1) is 13.7. The van der Waals surface area contributed by atoms with Crippen LogP contribution in [0.5, 0.6) is 5.88 Å². The van der Waals surface area contributed by atoms with E-state index in [-0.39, 0.29) is 5.82 Å². The zero-order valence-electron chi connectivity index (χ0n) is 11.9. The summed E-state index contributed by atoms with van der Waals surface area (Å²) in [5, 5.41) is 0. The standard InChI is InChI=1S/C16H18FN3O/c1-20(14-5-3-2-4-12(14)17)15-9-8-13(18)16(19-15)21-10-11-6-7-11/h2-5,8-9,11H,6-7,10,18H2,1H3. The first-order chi connectivity index (χ1) is 10.1. The monoisotopic (exact) mass is 287 g/mol. The van der Waals surface area contributed by atoms with Crippen molar-refractivity contribution in [2.75, 3.05) is 24.3 Å². The van der Waals surface area contributed by atoms with Crippen molar-refractivity contribution in [3.05, 3.63) is 42.2 Å². The summed E-state index contributed by atoms with van der Waals surface area (Å²) in [4.78, 5) is 6.08. The molecule has 1 aliphatic rings. The summed E-state index contributed by atoms with van der Waals surface area (Å²) in [5.41, 5.74) is 6.85. The van der Waals surface area contributed by atoms with Crippen molar-refractivity contribution < 1.29 is 9.13 Å². The number of hydrogen-bond donors (Lipinski definition) is 1. The van der Waals surface area contributed by atoms with Crippen LogP contribution in [0, 0.1) is 11.7 Å². The third-order valence-electron chi connectivity index (χ3n) is 3.59. The molecule has 1 heterocycles. The second-order valence-corrected chi connectivity index (χ2v) is 5.33. The number of nitrogens with two attached hydrogens (primary N) is 1. The molecule has 3 rings (SSSR count). The lowest BCUT2D eigenvalue weighted by atomic mass is 10.2. The van der Waals surface area contributed by atoms with Crippen molar-refractivity contribution in [1.29, 1.82) is 0 Å². The molecule has 1 aromatic carbocycles. The Hall–Kier alpha value is -2.30. The smallest absolute Gasteiger partial charge is 0.239 e. The Balaban J connectivity index is 1.84. The van der Waals surface area contributed by atoms with Gasteiger partial charge < -0.3 is 15.4 Å². The molecule has 21 heavy (non-hydrogen) atoms. The Kier molecular flexibility index (Phi) is 3.64. The second-order valence-electron chi connectivity index (χ2n) is 5.33. The fraction of sp³-hybridized carbons (Fsp3) is 0.312. The Morgan fingerprint density at radius 1 is 1.29 bits per heavy atom. The van der Waals surface area contributed by atoms with Gasteiger partial charge in [0.15, 0.2) is 0 Å². The molecule has 2 aromatic rings. The highest BCUT2D eigenvalue weighted by Crippen LogP contribution is 2.32. The van der Waals surface area contributed by atoms with Crippen LogP contribution in [0.1, 0.15) is 12.8 Å². The van der Waals surface area contributed by atoms with Gasteiger partial charge in [-0.15, -0.1) is 0 Å². The summed E-state index contributed by atoms with van der Waals surface area (Å²) in [6.07, 6.45) is 2.41. The number of ether oxygens (including phenoxy) is 1. The number of nitrogen functional groups attached to an aromatic ring is 1. The molecule has 0 bridgehead atoms. The fourth-order valence-electron chi connectivity index (χ4n) is 2.07. The Labute approximate surface area is 123 Å². The fourth-order valence-corrected chi connectivity index (χ4v) is 2.07. The van der Waals surface area contributed by atoms with Crippen molar-refractivity contribution in [1.82, 2.24) is 4.98 Å². The van der Waals surface area contributed by atoms with E-state index in [1.54, 1.807) is 42.3 Å². The van der Waals surface area contributed by atoms with Crippen molar-refractivity contribution in [3.8, 4) is 5.88 Å². The van der Waals surface area contributed by atoms with E-state index < -0.39 is 0 Å². The predicted octanol–water partition coefficient (Wildman–Crippen LogP) is 3.36.